The Kier molecular flexibility index (Phi) is 7.89. The van der Waals surface area contributed by atoms with Crippen LogP contribution in [-0.2, 0) is 0 Å². The Morgan fingerprint density at radius 1 is 0.852 bits per heavy atom. The number of rotatable bonds is 4. The van der Waals surface area contributed by atoms with Crippen molar-refractivity contribution >= 4 is 23.2 Å². The molecule has 9 heteroatoms. The molecule has 2 aromatic rings. The molecule has 2 rings (SSSR count). The molecule has 0 spiro atoms. The SMILES string of the molecule is CN(C)C(=O)c1ccc(NO)cc1.CN(C)C(=O)c1ccc([N+](=O)[O-])cc1. The van der Waals surface area contributed by atoms with Gasteiger partial charge in [-0.15, -0.1) is 0 Å². The molecule has 0 saturated heterocycles. The van der Waals surface area contributed by atoms with Crippen molar-refractivity contribution in [2.45, 2.75) is 0 Å². The van der Waals surface area contributed by atoms with E-state index in [0.717, 1.165) is 0 Å². The van der Waals surface area contributed by atoms with Gasteiger partial charge in [-0.2, -0.15) is 0 Å². The van der Waals surface area contributed by atoms with Gasteiger partial charge in [0.25, 0.3) is 17.5 Å². The van der Waals surface area contributed by atoms with Gasteiger partial charge < -0.3 is 9.80 Å². The number of nitrogens with one attached hydrogen (secondary N) is 1. The molecule has 0 bridgehead atoms. The fraction of sp³-hybridized carbons (Fsp3) is 0.222. The number of amides is 2. The zero-order valence-corrected chi connectivity index (χ0v) is 15.5. The summed E-state index contributed by atoms with van der Waals surface area (Å²) in [6, 6.07) is 12.1. The maximum Gasteiger partial charge on any atom is 0.269 e. The van der Waals surface area contributed by atoms with Crippen molar-refractivity contribution in [2.75, 3.05) is 33.7 Å². The van der Waals surface area contributed by atoms with Crippen LogP contribution in [0.3, 0.4) is 0 Å². The molecule has 0 aliphatic rings. The van der Waals surface area contributed by atoms with Crippen LogP contribution in [-0.4, -0.2) is 59.9 Å². The standard InChI is InChI=1S/C9H10N2O3.C9H12N2O2/c1-10(2)9(12)7-3-5-8(6-4-7)11(13)14;1-11(2)9(12)7-3-5-8(10-13)6-4-7/h3-6H,1-2H3;3-6,10,13H,1-2H3. The van der Waals surface area contributed by atoms with Crippen molar-refractivity contribution in [3.63, 3.8) is 0 Å². The molecule has 2 N–H and O–H groups in total. The van der Waals surface area contributed by atoms with E-state index in [1.54, 1.807) is 52.5 Å². The van der Waals surface area contributed by atoms with E-state index in [1.807, 2.05) is 5.48 Å². The van der Waals surface area contributed by atoms with Crippen molar-refractivity contribution in [1.29, 1.82) is 0 Å². The van der Waals surface area contributed by atoms with E-state index in [2.05, 4.69) is 0 Å². The van der Waals surface area contributed by atoms with E-state index in [4.69, 9.17) is 5.21 Å². The van der Waals surface area contributed by atoms with Gasteiger partial charge in [-0.25, -0.2) is 0 Å². The monoisotopic (exact) mass is 374 g/mol. The minimum Gasteiger partial charge on any atom is -0.345 e. The molecule has 2 amide bonds. The largest absolute Gasteiger partial charge is 0.345 e. The smallest absolute Gasteiger partial charge is 0.269 e. The van der Waals surface area contributed by atoms with E-state index >= 15 is 0 Å². The molecular weight excluding hydrogens is 352 g/mol. The summed E-state index contributed by atoms with van der Waals surface area (Å²) in [4.78, 5) is 35.5. The normalized spacial score (nSPS) is 9.52. The third kappa shape index (κ3) is 6.40. The molecule has 0 aliphatic carbocycles. The topological polar surface area (TPSA) is 116 Å². The zero-order valence-electron chi connectivity index (χ0n) is 15.5. The Labute approximate surface area is 156 Å². The number of carbonyl (C=O) groups is 2. The van der Waals surface area contributed by atoms with Crippen LogP contribution in [0.25, 0.3) is 0 Å². The first kappa shape index (κ1) is 21.6. The van der Waals surface area contributed by atoms with Crippen molar-refractivity contribution in [1.82, 2.24) is 9.80 Å². The summed E-state index contributed by atoms with van der Waals surface area (Å²) in [5.74, 6) is -0.218. The first-order valence-corrected chi connectivity index (χ1v) is 7.85. The maximum absolute atomic E-state index is 11.4. The molecule has 0 radical (unpaired) electrons. The molecule has 0 aliphatic heterocycles. The molecule has 2 aromatic carbocycles. The number of nitrogens with zero attached hydrogens (tertiary/aromatic N) is 3. The van der Waals surface area contributed by atoms with Crippen LogP contribution in [0.5, 0.6) is 0 Å². The number of carbonyl (C=O) groups excluding carboxylic acids is 2. The van der Waals surface area contributed by atoms with Gasteiger partial charge in [0.05, 0.1) is 10.6 Å². The number of benzene rings is 2. The van der Waals surface area contributed by atoms with Crippen LogP contribution in [0.15, 0.2) is 48.5 Å². The van der Waals surface area contributed by atoms with E-state index < -0.39 is 4.92 Å². The minimum atomic E-state index is -0.496. The molecule has 0 fully saturated rings. The second-order valence-electron chi connectivity index (χ2n) is 5.89. The van der Waals surface area contributed by atoms with Gasteiger partial charge in [0, 0.05) is 51.5 Å². The Bertz CT molecular complexity index is 786. The highest BCUT2D eigenvalue weighted by Gasteiger charge is 2.10. The lowest BCUT2D eigenvalue weighted by Gasteiger charge is -2.10. The molecule has 0 saturated carbocycles. The van der Waals surface area contributed by atoms with Crippen LogP contribution in [0.4, 0.5) is 11.4 Å². The number of nitro benzene ring substituents is 1. The summed E-state index contributed by atoms with van der Waals surface area (Å²) in [6.45, 7) is 0. The number of hydrogen-bond acceptors (Lipinski definition) is 6. The predicted octanol–water partition coefficient (Wildman–Crippen LogP) is 2.49. The summed E-state index contributed by atoms with van der Waals surface area (Å²) in [6.07, 6.45) is 0. The number of nitro groups is 1. The van der Waals surface area contributed by atoms with Crippen LogP contribution >= 0.6 is 0 Å². The average molecular weight is 374 g/mol. The first-order chi connectivity index (χ1) is 12.7. The number of anilines is 1. The van der Waals surface area contributed by atoms with Gasteiger partial charge in [-0.05, 0) is 36.4 Å². The Morgan fingerprint density at radius 3 is 1.52 bits per heavy atom. The minimum absolute atomic E-state index is 0.0136. The fourth-order valence-electron chi connectivity index (χ4n) is 1.93. The summed E-state index contributed by atoms with van der Waals surface area (Å²) in [5, 5.41) is 18.9. The highest BCUT2D eigenvalue weighted by Crippen LogP contribution is 2.12. The second-order valence-corrected chi connectivity index (χ2v) is 5.89. The first-order valence-electron chi connectivity index (χ1n) is 7.85. The van der Waals surface area contributed by atoms with Crippen LogP contribution < -0.4 is 5.48 Å². The number of hydrogen-bond donors (Lipinski definition) is 2. The Morgan fingerprint density at radius 2 is 1.22 bits per heavy atom. The second kappa shape index (κ2) is 9.88. The quantitative estimate of drug-likeness (QED) is 0.627. The summed E-state index contributed by atoms with van der Waals surface area (Å²) in [5.41, 5.74) is 3.59. The molecule has 27 heavy (non-hydrogen) atoms. The van der Waals surface area contributed by atoms with Gasteiger partial charge in [-0.3, -0.25) is 30.4 Å². The van der Waals surface area contributed by atoms with E-state index in [9.17, 15) is 19.7 Å². The number of non-ortho nitro benzene ring substituents is 1. The summed E-state index contributed by atoms with van der Waals surface area (Å²) < 4.78 is 0. The molecule has 0 atom stereocenters. The Hall–Kier alpha value is -3.46. The van der Waals surface area contributed by atoms with Crippen LogP contribution in [0, 0.1) is 10.1 Å². The summed E-state index contributed by atoms with van der Waals surface area (Å²) in [7, 11) is 6.65. The van der Waals surface area contributed by atoms with Crippen molar-refractivity contribution in [3.05, 3.63) is 69.8 Å². The highest BCUT2D eigenvalue weighted by atomic mass is 16.6. The molecule has 144 valence electrons. The molecule has 0 aromatic heterocycles. The zero-order chi connectivity index (χ0) is 20.6. The van der Waals surface area contributed by atoms with E-state index in [-0.39, 0.29) is 17.5 Å². The van der Waals surface area contributed by atoms with Crippen LogP contribution in [0.1, 0.15) is 20.7 Å². The van der Waals surface area contributed by atoms with Gasteiger partial charge >= 0.3 is 0 Å². The third-order valence-corrected chi connectivity index (χ3v) is 3.40. The van der Waals surface area contributed by atoms with Gasteiger partial charge in [0.1, 0.15) is 0 Å². The van der Waals surface area contributed by atoms with Crippen molar-refractivity contribution < 1.29 is 19.7 Å². The highest BCUT2D eigenvalue weighted by molar-refractivity contribution is 5.94. The van der Waals surface area contributed by atoms with Gasteiger partial charge in [0.2, 0.25) is 0 Å². The lowest BCUT2D eigenvalue weighted by atomic mass is 10.2. The third-order valence-electron chi connectivity index (χ3n) is 3.40. The van der Waals surface area contributed by atoms with Crippen molar-refractivity contribution in [3.8, 4) is 0 Å². The van der Waals surface area contributed by atoms with Gasteiger partial charge in [0.15, 0.2) is 0 Å². The van der Waals surface area contributed by atoms with Crippen LogP contribution in [0.2, 0.25) is 0 Å². The Balaban J connectivity index is 0.000000271. The molecule has 0 heterocycles. The average Bonchev–Trinajstić information content (AvgIpc) is 2.67. The summed E-state index contributed by atoms with van der Waals surface area (Å²) >= 11 is 0. The fourth-order valence-corrected chi connectivity index (χ4v) is 1.93. The molecule has 0 unspecified atom stereocenters. The molecule has 9 nitrogen and oxygen atoms in total. The van der Waals surface area contributed by atoms with E-state index in [1.165, 1.54) is 34.1 Å². The lowest BCUT2D eigenvalue weighted by Crippen LogP contribution is -2.21. The predicted molar refractivity (Wildman–Crippen MR) is 101 cm³/mol. The molecular formula is C18H22N4O5. The van der Waals surface area contributed by atoms with E-state index in [0.29, 0.717) is 16.8 Å². The van der Waals surface area contributed by atoms with Crippen molar-refractivity contribution in [2.24, 2.45) is 0 Å². The van der Waals surface area contributed by atoms with Gasteiger partial charge in [-0.1, -0.05) is 0 Å². The lowest BCUT2D eigenvalue weighted by molar-refractivity contribution is -0.384. The maximum atomic E-state index is 11.4.